The van der Waals surface area contributed by atoms with Gasteiger partial charge in [-0.25, -0.2) is 4.79 Å². The third kappa shape index (κ3) is 3.26. The van der Waals surface area contributed by atoms with Gasteiger partial charge in [0.15, 0.2) is 5.17 Å². The molecule has 20 heavy (non-hydrogen) atoms. The molecule has 7 heteroatoms. The second-order valence-electron chi connectivity index (χ2n) is 4.06. The molecule has 1 fully saturated rings. The number of aliphatic hydroxyl groups excluding tert-OH is 1. The Morgan fingerprint density at radius 1 is 1.60 bits per heavy atom. The van der Waals surface area contributed by atoms with Gasteiger partial charge in [0, 0.05) is 5.75 Å². The molecular weight excluding hydrogens is 300 g/mol. The number of rotatable bonds is 3. The Hall–Kier alpha value is -1.24. The van der Waals surface area contributed by atoms with E-state index in [1.54, 1.807) is 17.9 Å². The predicted octanol–water partition coefficient (Wildman–Crippen LogP) is 2.77. The van der Waals surface area contributed by atoms with Gasteiger partial charge in [0.1, 0.15) is 0 Å². The van der Waals surface area contributed by atoms with Crippen LogP contribution >= 0.6 is 23.4 Å². The molecule has 1 atom stereocenters. The van der Waals surface area contributed by atoms with Crippen LogP contribution < -0.4 is 4.90 Å². The fraction of sp³-hybridized carbons (Fsp3) is 0.385. The molecule has 1 saturated heterocycles. The van der Waals surface area contributed by atoms with Gasteiger partial charge in [0.25, 0.3) is 0 Å². The third-order valence-corrected chi connectivity index (χ3v) is 4.17. The topological polar surface area (TPSA) is 62.1 Å². The standard InChI is InChI=1S/C13H15ClN2O3S/c1-2-19-13(18)15-12-16(9(7-17)8-20-12)11-6-4-3-5-10(11)14/h3-6,9,17H,2,7-8H2,1H3/b15-12-. The number of hydrogen-bond acceptors (Lipinski definition) is 4. The van der Waals surface area contributed by atoms with Crippen molar-refractivity contribution in [1.82, 2.24) is 0 Å². The Morgan fingerprint density at radius 2 is 2.35 bits per heavy atom. The highest BCUT2D eigenvalue weighted by atomic mass is 35.5. The molecule has 0 aromatic heterocycles. The first-order valence-corrected chi connectivity index (χ1v) is 7.56. The number of thioether (sulfide) groups is 1. The van der Waals surface area contributed by atoms with Crippen molar-refractivity contribution in [1.29, 1.82) is 0 Å². The largest absolute Gasteiger partial charge is 0.448 e. The van der Waals surface area contributed by atoms with E-state index in [9.17, 15) is 9.90 Å². The number of carbonyl (C=O) groups is 1. The van der Waals surface area contributed by atoms with Crippen molar-refractivity contribution in [2.45, 2.75) is 13.0 Å². The number of halogens is 1. The van der Waals surface area contributed by atoms with Gasteiger partial charge in [-0.05, 0) is 19.1 Å². The highest BCUT2D eigenvalue weighted by molar-refractivity contribution is 8.14. The third-order valence-electron chi connectivity index (χ3n) is 2.75. The van der Waals surface area contributed by atoms with E-state index >= 15 is 0 Å². The van der Waals surface area contributed by atoms with Crippen LogP contribution in [0.15, 0.2) is 29.3 Å². The van der Waals surface area contributed by atoms with E-state index in [0.717, 1.165) is 5.69 Å². The monoisotopic (exact) mass is 314 g/mol. The first-order chi connectivity index (χ1) is 9.67. The van der Waals surface area contributed by atoms with Crippen LogP contribution in [0.2, 0.25) is 5.02 Å². The molecule has 0 radical (unpaired) electrons. The van der Waals surface area contributed by atoms with E-state index < -0.39 is 6.09 Å². The Kier molecular flexibility index (Phi) is 5.28. The number of benzene rings is 1. The molecule has 5 nitrogen and oxygen atoms in total. The van der Waals surface area contributed by atoms with Crippen molar-refractivity contribution < 1.29 is 14.6 Å². The number of carbonyl (C=O) groups excluding carboxylic acids is 1. The van der Waals surface area contributed by atoms with Gasteiger partial charge >= 0.3 is 6.09 Å². The molecule has 1 N–H and O–H groups in total. The van der Waals surface area contributed by atoms with Gasteiger partial charge in [-0.1, -0.05) is 35.5 Å². The van der Waals surface area contributed by atoms with Crippen molar-refractivity contribution >= 4 is 40.3 Å². The van der Waals surface area contributed by atoms with Gasteiger partial charge < -0.3 is 14.7 Å². The molecule has 1 amide bonds. The number of amidine groups is 1. The van der Waals surface area contributed by atoms with Crippen molar-refractivity contribution in [2.24, 2.45) is 4.99 Å². The number of ether oxygens (including phenoxy) is 1. The Bertz CT molecular complexity index is 524. The molecule has 0 aliphatic carbocycles. The number of hydrogen-bond donors (Lipinski definition) is 1. The minimum absolute atomic E-state index is 0.0416. The zero-order chi connectivity index (χ0) is 14.5. The first kappa shape index (κ1) is 15.2. The summed E-state index contributed by atoms with van der Waals surface area (Å²) >= 11 is 7.58. The smallest absolute Gasteiger partial charge is 0.436 e. The number of para-hydroxylation sites is 1. The lowest BCUT2D eigenvalue weighted by molar-refractivity contribution is 0.163. The molecule has 0 saturated carbocycles. The maximum absolute atomic E-state index is 11.5. The molecule has 1 aromatic rings. The van der Waals surface area contributed by atoms with E-state index in [1.807, 2.05) is 18.2 Å². The lowest BCUT2D eigenvalue weighted by Gasteiger charge is -2.25. The summed E-state index contributed by atoms with van der Waals surface area (Å²) in [4.78, 5) is 17.2. The molecule has 1 aliphatic rings. The lowest BCUT2D eigenvalue weighted by Crippen LogP contribution is -2.37. The van der Waals surface area contributed by atoms with Crippen LogP contribution in [-0.2, 0) is 4.74 Å². The lowest BCUT2D eigenvalue weighted by atomic mass is 10.2. The summed E-state index contributed by atoms with van der Waals surface area (Å²) in [6.45, 7) is 1.96. The highest BCUT2D eigenvalue weighted by Crippen LogP contribution is 2.34. The summed E-state index contributed by atoms with van der Waals surface area (Å²) in [7, 11) is 0. The number of amides is 1. The van der Waals surface area contributed by atoms with E-state index in [0.29, 0.717) is 15.9 Å². The normalized spacial score (nSPS) is 20.4. The maximum atomic E-state index is 11.5. The van der Waals surface area contributed by atoms with Crippen molar-refractivity contribution in [2.75, 3.05) is 23.9 Å². The molecular formula is C13H15ClN2O3S. The summed E-state index contributed by atoms with van der Waals surface area (Å²) in [6.07, 6.45) is -0.634. The van der Waals surface area contributed by atoms with Crippen LogP contribution in [-0.4, -0.2) is 41.4 Å². The van der Waals surface area contributed by atoms with Crippen LogP contribution in [0.1, 0.15) is 6.92 Å². The van der Waals surface area contributed by atoms with Crippen LogP contribution in [0.25, 0.3) is 0 Å². The Morgan fingerprint density at radius 3 is 3.00 bits per heavy atom. The molecule has 108 valence electrons. The molecule has 1 aliphatic heterocycles. The zero-order valence-corrected chi connectivity index (χ0v) is 12.5. The van der Waals surface area contributed by atoms with Gasteiger partial charge in [0.05, 0.1) is 30.0 Å². The van der Waals surface area contributed by atoms with E-state index in [4.69, 9.17) is 16.3 Å². The van der Waals surface area contributed by atoms with Crippen LogP contribution in [0.3, 0.4) is 0 Å². The molecule has 2 rings (SSSR count). The SMILES string of the molecule is CCOC(=O)/N=C1\SCC(CO)N1c1ccccc1Cl. The van der Waals surface area contributed by atoms with E-state index in [-0.39, 0.29) is 19.3 Å². The second kappa shape index (κ2) is 6.97. The van der Waals surface area contributed by atoms with Gasteiger partial charge in [0.2, 0.25) is 0 Å². The van der Waals surface area contributed by atoms with Crippen LogP contribution in [0, 0.1) is 0 Å². The fourth-order valence-electron chi connectivity index (χ4n) is 1.87. The van der Waals surface area contributed by atoms with Gasteiger partial charge in [-0.3, -0.25) is 0 Å². The molecule has 0 bridgehead atoms. The summed E-state index contributed by atoms with van der Waals surface area (Å²) < 4.78 is 4.83. The predicted molar refractivity (Wildman–Crippen MR) is 81.7 cm³/mol. The summed E-state index contributed by atoms with van der Waals surface area (Å²) in [5.74, 6) is 0.639. The summed E-state index contributed by atoms with van der Waals surface area (Å²) in [5.41, 5.74) is 0.723. The average Bonchev–Trinajstić information content (AvgIpc) is 2.82. The van der Waals surface area contributed by atoms with Gasteiger partial charge in [-0.15, -0.1) is 0 Å². The maximum Gasteiger partial charge on any atom is 0.436 e. The molecule has 1 unspecified atom stereocenters. The Labute approximate surface area is 126 Å². The fourth-order valence-corrected chi connectivity index (χ4v) is 3.22. The van der Waals surface area contributed by atoms with E-state index in [2.05, 4.69) is 4.99 Å². The number of aliphatic hydroxyl groups is 1. The van der Waals surface area contributed by atoms with Crippen molar-refractivity contribution in [3.05, 3.63) is 29.3 Å². The van der Waals surface area contributed by atoms with Crippen molar-refractivity contribution in [3.8, 4) is 0 Å². The minimum atomic E-state index is -0.634. The highest BCUT2D eigenvalue weighted by Gasteiger charge is 2.32. The first-order valence-electron chi connectivity index (χ1n) is 6.20. The van der Waals surface area contributed by atoms with Gasteiger partial charge in [-0.2, -0.15) is 4.99 Å². The number of anilines is 1. The van der Waals surface area contributed by atoms with Crippen LogP contribution in [0.4, 0.5) is 10.5 Å². The Balaban J connectivity index is 2.34. The minimum Gasteiger partial charge on any atom is -0.448 e. The number of aliphatic imine (C=N–C) groups is 1. The summed E-state index contributed by atoms with van der Waals surface area (Å²) in [5, 5.41) is 10.5. The average molecular weight is 315 g/mol. The zero-order valence-electron chi connectivity index (χ0n) is 11.0. The van der Waals surface area contributed by atoms with Crippen molar-refractivity contribution in [3.63, 3.8) is 0 Å². The van der Waals surface area contributed by atoms with E-state index in [1.165, 1.54) is 11.8 Å². The molecule has 1 aromatic carbocycles. The number of nitrogens with zero attached hydrogens (tertiary/aromatic N) is 2. The summed E-state index contributed by atoms with van der Waals surface area (Å²) in [6, 6.07) is 7.10. The van der Waals surface area contributed by atoms with Crippen LogP contribution in [0.5, 0.6) is 0 Å². The second-order valence-corrected chi connectivity index (χ2v) is 5.46. The quantitative estimate of drug-likeness (QED) is 0.929. The molecule has 0 spiro atoms. The molecule has 1 heterocycles.